The van der Waals surface area contributed by atoms with Crippen LogP contribution in [-0.2, 0) is 5.41 Å². The number of halogens is 1. The number of rotatable bonds is 1. The predicted molar refractivity (Wildman–Crippen MR) is 51.0 cm³/mol. The minimum atomic E-state index is 0.568. The molecular formula is C10H10BrN. The van der Waals surface area contributed by atoms with E-state index in [0.29, 0.717) is 5.41 Å². The predicted octanol–water partition coefficient (Wildman–Crippen LogP) is 2.90. The van der Waals surface area contributed by atoms with Crippen molar-refractivity contribution < 1.29 is 0 Å². The van der Waals surface area contributed by atoms with Crippen LogP contribution >= 0.6 is 15.9 Å². The summed E-state index contributed by atoms with van der Waals surface area (Å²) in [6.45, 7) is 0. The fourth-order valence-corrected chi connectivity index (χ4v) is 2.76. The molecule has 0 aliphatic heterocycles. The molecule has 62 valence electrons. The van der Waals surface area contributed by atoms with E-state index in [9.17, 15) is 0 Å². The molecule has 0 N–H and O–H groups in total. The minimum Gasteiger partial charge on any atom is -0.249 e. The number of hydrogen-bond donors (Lipinski definition) is 0. The molecule has 0 spiro atoms. The number of hydrogen-bond acceptors (Lipinski definition) is 1. The quantitative estimate of drug-likeness (QED) is 0.668. The fraction of sp³-hybridized carbons (Fsp3) is 0.500. The smallest absolute Gasteiger partial charge is 0.106 e. The molecule has 3 aliphatic rings. The van der Waals surface area contributed by atoms with E-state index in [1.54, 1.807) is 0 Å². The molecule has 1 aromatic heterocycles. The van der Waals surface area contributed by atoms with E-state index in [4.69, 9.17) is 0 Å². The zero-order valence-corrected chi connectivity index (χ0v) is 8.34. The Bertz CT molecular complexity index is 300. The molecule has 0 amide bonds. The lowest BCUT2D eigenvalue weighted by Gasteiger charge is -2.62. The van der Waals surface area contributed by atoms with E-state index in [2.05, 4.69) is 33.0 Å². The largest absolute Gasteiger partial charge is 0.249 e. The molecule has 3 fully saturated rings. The Labute approximate surface area is 80.3 Å². The average Bonchev–Trinajstić information content (AvgIpc) is 1.87. The van der Waals surface area contributed by atoms with Crippen molar-refractivity contribution in [1.82, 2.24) is 4.98 Å². The van der Waals surface area contributed by atoms with Crippen LogP contribution in [0, 0.1) is 5.92 Å². The van der Waals surface area contributed by atoms with Gasteiger partial charge in [-0.1, -0.05) is 6.07 Å². The highest BCUT2D eigenvalue weighted by Crippen LogP contribution is 2.64. The Morgan fingerprint density at radius 3 is 2.50 bits per heavy atom. The molecule has 1 nitrogen and oxygen atoms in total. The Morgan fingerprint density at radius 2 is 2.08 bits per heavy atom. The maximum Gasteiger partial charge on any atom is 0.106 e. The van der Waals surface area contributed by atoms with Crippen molar-refractivity contribution in [2.24, 2.45) is 5.92 Å². The van der Waals surface area contributed by atoms with Gasteiger partial charge in [-0.3, -0.25) is 0 Å². The maximum atomic E-state index is 4.27. The molecule has 0 atom stereocenters. The van der Waals surface area contributed by atoms with Gasteiger partial charge in [-0.25, -0.2) is 4.98 Å². The van der Waals surface area contributed by atoms with Crippen LogP contribution in [0.15, 0.2) is 22.9 Å². The van der Waals surface area contributed by atoms with E-state index in [0.717, 1.165) is 10.5 Å². The Balaban J connectivity index is 1.96. The molecule has 1 heterocycles. The summed E-state index contributed by atoms with van der Waals surface area (Å²) in [4.78, 5) is 4.27. The normalized spacial score (nSPS) is 36.9. The van der Waals surface area contributed by atoms with Gasteiger partial charge in [0.1, 0.15) is 4.60 Å². The maximum absolute atomic E-state index is 4.27. The van der Waals surface area contributed by atoms with Gasteiger partial charge in [0.05, 0.1) is 0 Å². The first-order valence-electron chi connectivity index (χ1n) is 4.41. The monoisotopic (exact) mass is 223 g/mol. The average molecular weight is 224 g/mol. The van der Waals surface area contributed by atoms with Gasteiger partial charge in [0.25, 0.3) is 0 Å². The fourth-order valence-electron chi connectivity index (χ4n) is 2.52. The van der Waals surface area contributed by atoms with Crippen LogP contribution in [0.1, 0.15) is 24.8 Å². The second kappa shape index (κ2) is 2.11. The Kier molecular flexibility index (Phi) is 1.24. The van der Waals surface area contributed by atoms with Crippen LogP contribution in [-0.4, -0.2) is 4.98 Å². The number of aromatic nitrogens is 1. The van der Waals surface area contributed by atoms with Gasteiger partial charge in [0, 0.05) is 6.20 Å². The van der Waals surface area contributed by atoms with Crippen LogP contribution in [0.5, 0.6) is 0 Å². The van der Waals surface area contributed by atoms with Crippen LogP contribution in [0.25, 0.3) is 0 Å². The van der Waals surface area contributed by atoms with E-state index >= 15 is 0 Å². The van der Waals surface area contributed by atoms with Crippen molar-refractivity contribution in [2.75, 3.05) is 0 Å². The second-order valence-electron chi connectivity index (χ2n) is 4.13. The lowest BCUT2D eigenvalue weighted by molar-refractivity contribution is -0.0276. The van der Waals surface area contributed by atoms with E-state index in [-0.39, 0.29) is 0 Å². The number of nitrogens with zero attached hydrogens (tertiary/aromatic N) is 1. The molecule has 3 saturated carbocycles. The molecule has 2 heteroatoms. The van der Waals surface area contributed by atoms with Gasteiger partial charge >= 0.3 is 0 Å². The van der Waals surface area contributed by atoms with Crippen molar-refractivity contribution in [3.8, 4) is 0 Å². The van der Waals surface area contributed by atoms with Crippen LogP contribution in [0.2, 0.25) is 0 Å². The highest BCUT2D eigenvalue weighted by Gasteiger charge is 2.57. The molecule has 0 radical (unpaired) electrons. The second-order valence-corrected chi connectivity index (χ2v) is 4.94. The topological polar surface area (TPSA) is 12.9 Å². The van der Waals surface area contributed by atoms with E-state index < -0.39 is 0 Å². The molecule has 12 heavy (non-hydrogen) atoms. The number of pyridine rings is 1. The van der Waals surface area contributed by atoms with Crippen molar-refractivity contribution in [1.29, 1.82) is 0 Å². The summed E-state index contributed by atoms with van der Waals surface area (Å²) >= 11 is 3.35. The Hall–Kier alpha value is -0.370. The zero-order chi connectivity index (χ0) is 8.18. The summed E-state index contributed by atoms with van der Waals surface area (Å²) in [5.41, 5.74) is 2.02. The van der Waals surface area contributed by atoms with Crippen molar-refractivity contribution >= 4 is 15.9 Å². The van der Waals surface area contributed by atoms with Crippen LogP contribution in [0.3, 0.4) is 0 Å². The molecule has 2 bridgehead atoms. The lowest BCUT2D eigenvalue weighted by atomic mass is 9.42. The third-order valence-corrected chi connectivity index (χ3v) is 3.85. The molecule has 4 rings (SSSR count). The summed E-state index contributed by atoms with van der Waals surface area (Å²) < 4.78 is 0.942. The molecule has 0 unspecified atom stereocenters. The zero-order valence-electron chi connectivity index (χ0n) is 6.76. The molecular weight excluding hydrogens is 214 g/mol. The third-order valence-electron chi connectivity index (χ3n) is 3.38. The van der Waals surface area contributed by atoms with Gasteiger partial charge in [0.15, 0.2) is 0 Å². The standard InChI is InChI=1S/C10H10BrN/c11-9-2-1-8(6-12-9)10-3-7(4-10)5-10/h1-2,6-7H,3-5H2. The van der Waals surface area contributed by atoms with Gasteiger partial charge in [-0.15, -0.1) is 0 Å². The van der Waals surface area contributed by atoms with Crippen molar-refractivity contribution in [2.45, 2.75) is 24.7 Å². The van der Waals surface area contributed by atoms with Crippen molar-refractivity contribution in [3.63, 3.8) is 0 Å². The molecule has 0 saturated heterocycles. The molecule has 3 aliphatic carbocycles. The highest BCUT2D eigenvalue weighted by atomic mass is 79.9. The first-order chi connectivity index (χ1) is 5.78. The van der Waals surface area contributed by atoms with E-state index in [1.165, 1.54) is 24.8 Å². The van der Waals surface area contributed by atoms with Gasteiger partial charge in [-0.2, -0.15) is 0 Å². The van der Waals surface area contributed by atoms with Crippen molar-refractivity contribution in [3.05, 3.63) is 28.5 Å². The summed E-state index contributed by atoms with van der Waals surface area (Å²) in [6, 6.07) is 4.27. The summed E-state index contributed by atoms with van der Waals surface area (Å²) in [6.07, 6.45) is 6.27. The van der Waals surface area contributed by atoms with E-state index in [1.807, 2.05) is 6.20 Å². The summed E-state index contributed by atoms with van der Waals surface area (Å²) in [7, 11) is 0. The van der Waals surface area contributed by atoms with Gasteiger partial charge in [0.2, 0.25) is 0 Å². The minimum absolute atomic E-state index is 0.568. The molecule has 0 aromatic carbocycles. The lowest BCUT2D eigenvalue weighted by Crippen LogP contribution is -2.55. The molecule has 1 aromatic rings. The van der Waals surface area contributed by atoms with Crippen LogP contribution in [0.4, 0.5) is 0 Å². The first kappa shape index (κ1) is 7.07. The highest BCUT2D eigenvalue weighted by molar-refractivity contribution is 9.10. The van der Waals surface area contributed by atoms with Crippen LogP contribution < -0.4 is 0 Å². The first-order valence-corrected chi connectivity index (χ1v) is 5.20. The third kappa shape index (κ3) is 0.764. The Morgan fingerprint density at radius 1 is 1.33 bits per heavy atom. The van der Waals surface area contributed by atoms with Gasteiger partial charge < -0.3 is 0 Å². The summed E-state index contributed by atoms with van der Waals surface area (Å²) in [5.74, 6) is 1.05. The SMILES string of the molecule is Brc1ccc(C23CC(C2)C3)cn1. The summed E-state index contributed by atoms with van der Waals surface area (Å²) in [5, 5.41) is 0. The van der Waals surface area contributed by atoms with Gasteiger partial charge in [-0.05, 0) is 58.2 Å².